The van der Waals surface area contributed by atoms with Crippen molar-refractivity contribution in [1.29, 1.82) is 0 Å². The lowest BCUT2D eigenvalue weighted by molar-refractivity contribution is -0.313. The number of para-hydroxylation sites is 1. The molecule has 1 aliphatic carbocycles. The van der Waals surface area contributed by atoms with E-state index in [0.717, 1.165) is 0 Å². The van der Waals surface area contributed by atoms with Crippen molar-refractivity contribution in [1.82, 2.24) is 5.01 Å². The molecule has 0 bridgehead atoms. The molecule has 1 amide bonds. The number of aliphatic hydroxyl groups is 1. The van der Waals surface area contributed by atoms with Gasteiger partial charge in [0.15, 0.2) is 0 Å². The number of hydrazone groups is 1. The summed E-state index contributed by atoms with van der Waals surface area (Å²) in [5.74, 6) is -2.87. The van der Waals surface area contributed by atoms with Crippen LogP contribution in [-0.4, -0.2) is 38.7 Å². The van der Waals surface area contributed by atoms with E-state index in [2.05, 4.69) is 5.10 Å². The summed E-state index contributed by atoms with van der Waals surface area (Å²) >= 11 is 0. The van der Waals surface area contributed by atoms with E-state index >= 15 is 0 Å². The maximum atomic E-state index is 13.8. The molecule has 0 radical (unpaired) electrons. The first-order valence-electron chi connectivity index (χ1n) is 8.19. The molecule has 1 aromatic carbocycles. The molecule has 2 N–H and O–H groups in total. The highest BCUT2D eigenvalue weighted by molar-refractivity contribution is 6.01. The summed E-state index contributed by atoms with van der Waals surface area (Å²) < 4.78 is 41.4. The van der Waals surface area contributed by atoms with Gasteiger partial charge in [0.25, 0.3) is 11.6 Å². The number of amides is 1. The van der Waals surface area contributed by atoms with Crippen LogP contribution in [0.4, 0.5) is 13.2 Å². The Bertz CT molecular complexity index is 719. The second-order valence-electron chi connectivity index (χ2n) is 6.55. The minimum absolute atomic E-state index is 0.0398. The fourth-order valence-corrected chi connectivity index (χ4v) is 3.64. The molecule has 3 atom stereocenters. The molecule has 8 heteroatoms. The Morgan fingerprint density at radius 2 is 2.08 bits per heavy atom. The van der Waals surface area contributed by atoms with Crippen molar-refractivity contribution in [3.8, 4) is 5.75 Å². The molecule has 1 fully saturated rings. The highest BCUT2D eigenvalue weighted by Gasteiger charge is 2.69. The second-order valence-corrected chi connectivity index (χ2v) is 6.55. The third kappa shape index (κ3) is 2.68. The van der Waals surface area contributed by atoms with Crippen LogP contribution in [0.2, 0.25) is 0 Å². The van der Waals surface area contributed by atoms with Crippen molar-refractivity contribution in [2.75, 3.05) is 0 Å². The number of phenols is 1. The Kier molecular flexibility index (Phi) is 4.26. The van der Waals surface area contributed by atoms with E-state index in [1.54, 1.807) is 0 Å². The average molecular weight is 356 g/mol. The van der Waals surface area contributed by atoms with Crippen LogP contribution in [0.5, 0.6) is 5.75 Å². The molecule has 2 aliphatic rings. The van der Waals surface area contributed by atoms with Crippen molar-refractivity contribution in [2.45, 2.75) is 44.5 Å². The Labute approximate surface area is 142 Å². The predicted octanol–water partition coefficient (Wildman–Crippen LogP) is 3.28. The van der Waals surface area contributed by atoms with Crippen LogP contribution >= 0.6 is 0 Å². The van der Waals surface area contributed by atoms with E-state index in [1.165, 1.54) is 24.3 Å². The number of alkyl halides is 3. The molecular formula is C17H19F3N2O3. The third-order valence-electron chi connectivity index (χ3n) is 5.14. The maximum absolute atomic E-state index is 13.8. The van der Waals surface area contributed by atoms with Gasteiger partial charge in [0.1, 0.15) is 5.75 Å². The molecule has 1 heterocycles. The van der Waals surface area contributed by atoms with Crippen LogP contribution in [0.25, 0.3) is 0 Å². The number of hydrogen-bond acceptors (Lipinski definition) is 4. The normalized spacial score (nSPS) is 29.3. The Hall–Kier alpha value is -2.09. The lowest BCUT2D eigenvalue weighted by Crippen LogP contribution is -2.61. The SMILES string of the molecule is CC[C@@H]1CCC2=NN(C(=O)c3ccccc3O)[C@@](O)(C(F)(F)F)[C@H]2C1. The van der Waals surface area contributed by atoms with E-state index in [4.69, 9.17) is 0 Å². The number of rotatable bonds is 2. The molecule has 1 aliphatic heterocycles. The average Bonchev–Trinajstić information content (AvgIpc) is 2.88. The summed E-state index contributed by atoms with van der Waals surface area (Å²) in [5.41, 5.74) is -3.54. The Balaban J connectivity index is 2.05. The van der Waals surface area contributed by atoms with E-state index < -0.39 is 29.5 Å². The van der Waals surface area contributed by atoms with Gasteiger partial charge in [-0.3, -0.25) is 4.79 Å². The standard InChI is InChI=1S/C17H19F3N2O3/c1-2-10-7-8-13-12(9-10)16(25,17(18,19)20)22(21-13)15(24)11-5-3-4-6-14(11)23/h3-6,10,12,23,25H,2,7-9H2,1H3/t10-,12+,16+/m1/s1. The van der Waals surface area contributed by atoms with Gasteiger partial charge >= 0.3 is 6.18 Å². The van der Waals surface area contributed by atoms with Gasteiger partial charge in [-0.2, -0.15) is 23.3 Å². The van der Waals surface area contributed by atoms with E-state index in [0.29, 0.717) is 19.3 Å². The van der Waals surface area contributed by atoms with Gasteiger partial charge in [0.05, 0.1) is 11.5 Å². The van der Waals surface area contributed by atoms with Gasteiger partial charge in [0.2, 0.25) is 0 Å². The van der Waals surface area contributed by atoms with Crippen LogP contribution in [0, 0.1) is 11.8 Å². The zero-order chi connectivity index (χ0) is 18.4. The van der Waals surface area contributed by atoms with Crippen molar-refractivity contribution < 1.29 is 28.2 Å². The maximum Gasteiger partial charge on any atom is 0.439 e. The molecule has 136 valence electrons. The van der Waals surface area contributed by atoms with Crippen LogP contribution in [0.1, 0.15) is 43.0 Å². The summed E-state index contributed by atoms with van der Waals surface area (Å²) in [6.45, 7) is 1.89. The molecule has 0 unspecified atom stereocenters. The van der Waals surface area contributed by atoms with Gasteiger partial charge < -0.3 is 10.2 Å². The minimum Gasteiger partial charge on any atom is -0.507 e. The number of benzene rings is 1. The van der Waals surface area contributed by atoms with Crippen LogP contribution in [0.3, 0.4) is 0 Å². The van der Waals surface area contributed by atoms with Gasteiger partial charge in [-0.15, -0.1) is 0 Å². The van der Waals surface area contributed by atoms with Crippen molar-refractivity contribution in [2.24, 2.45) is 16.9 Å². The summed E-state index contributed by atoms with van der Waals surface area (Å²) in [5, 5.41) is 24.3. The fraction of sp³-hybridized carbons (Fsp3) is 0.529. The molecule has 5 nitrogen and oxygen atoms in total. The molecule has 0 saturated heterocycles. The van der Waals surface area contributed by atoms with Crippen LogP contribution in [0.15, 0.2) is 29.4 Å². The number of carbonyl (C=O) groups is 1. The van der Waals surface area contributed by atoms with Crippen molar-refractivity contribution in [3.05, 3.63) is 29.8 Å². The molecular weight excluding hydrogens is 337 g/mol. The first-order valence-corrected chi connectivity index (χ1v) is 8.19. The topological polar surface area (TPSA) is 73.1 Å². The number of halogens is 3. The van der Waals surface area contributed by atoms with Gasteiger partial charge in [-0.1, -0.05) is 25.5 Å². The number of nitrogens with zero attached hydrogens (tertiary/aromatic N) is 2. The smallest absolute Gasteiger partial charge is 0.439 e. The number of hydrogen-bond donors (Lipinski definition) is 2. The number of carbonyl (C=O) groups excluding carboxylic acids is 1. The molecule has 3 rings (SSSR count). The summed E-state index contributed by atoms with van der Waals surface area (Å²) in [7, 11) is 0. The van der Waals surface area contributed by atoms with Crippen LogP contribution in [-0.2, 0) is 0 Å². The first-order chi connectivity index (χ1) is 11.7. The zero-order valence-corrected chi connectivity index (χ0v) is 13.6. The van der Waals surface area contributed by atoms with Crippen molar-refractivity contribution in [3.63, 3.8) is 0 Å². The summed E-state index contributed by atoms with van der Waals surface area (Å²) in [6, 6.07) is 5.27. The predicted molar refractivity (Wildman–Crippen MR) is 83.8 cm³/mol. The van der Waals surface area contributed by atoms with Gasteiger partial charge in [-0.05, 0) is 37.3 Å². The van der Waals surface area contributed by atoms with Crippen molar-refractivity contribution >= 4 is 11.6 Å². The Morgan fingerprint density at radius 1 is 1.40 bits per heavy atom. The first kappa shape index (κ1) is 17.7. The second kappa shape index (κ2) is 6.01. The molecule has 0 spiro atoms. The van der Waals surface area contributed by atoms with E-state index in [-0.39, 0.29) is 28.6 Å². The zero-order valence-electron chi connectivity index (χ0n) is 13.6. The quantitative estimate of drug-likeness (QED) is 0.854. The molecule has 0 aromatic heterocycles. The van der Waals surface area contributed by atoms with E-state index in [1.807, 2.05) is 6.92 Å². The minimum atomic E-state index is -5.07. The molecule has 25 heavy (non-hydrogen) atoms. The van der Waals surface area contributed by atoms with Gasteiger partial charge in [0, 0.05) is 5.71 Å². The number of phenolic OH excluding ortho intramolecular Hbond substituents is 1. The monoisotopic (exact) mass is 356 g/mol. The van der Waals surface area contributed by atoms with Crippen LogP contribution < -0.4 is 0 Å². The summed E-state index contributed by atoms with van der Waals surface area (Å²) in [6.07, 6.45) is -3.26. The number of fused-ring (bicyclic) bond motifs is 1. The molecule has 1 saturated carbocycles. The molecule has 1 aromatic rings. The van der Waals surface area contributed by atoms with E-state index in [9.17, 15) is 28.2 Å². The lowest BCUT2D eigenvalue weighted by atomic mass is 9.74. The summed E-state index contributed by atoms with van der Waals surface area (Å²) in [4.78, 5) is 12.6. The lowest BCUT2D eigenvalue weighted by Gasteiger charge is -2.39. The number of aromatic hydroxyl groups is 1. The highest BCUT2D eigenvalue weighted by atomic mass is 19.4. The Morgan fingerprint density at radius 3 is 2.68 bits per heavy atom. The van der Waals surface area contributed by atoms with Gasteiger partial charge in [-0.25, -0.2) is 0 Å². The fourth-order valence-electron chi connectivity index (χ4n) is 3.64. The third-order valence-corrected chi connectivity index (χ3v) is 5.14. The largest absolute Gasteiger partial charge is 0.507 e. The highest BCUT2D eigenvalue weighted by Crippen LogP contribution is 2.50.